The van der Waals surface area contributed by atoms with Crippen molar-refractivity contribution >= 4 is 28.6 Å². The van der Waals surface area contributed by atoms with Crippen molar-refractivity contribution in [3.05, 3.63) is 33.4 Å². The van der Waals surface area contributed by atoms with Crippen LogP contribution in [0.5, 0.6) is 0 Å². The van der Waals surface area contributed by atoms with E-state index in [1.807, 2.05) is 0 Å². The molecule has 0 saturated carbocycles. The zero-order valence-electron chi connectivity index (χ0n) is 13.0. The summed E-state index contributed by atoms with van der Waals surface area (Å²) in [7, 11) is 1.55. The van der Waals surface area contributed by atoms with Crippen LogP contribution in [0.25, 0.3) is 0 Å². The number of nitrogens with zero attached hydrogens (tertiary/aromatic N) is 1. The normalized spacial score (nSPS) is 35.2. The van der Waals surface area contributed by atoms with Gasteiger partial charge in [0.25, 0.3) is 0 Å². The quantitative estimate of drug-likeness (QED) is 0.423. The highest BCUT2D eigenvalue weighted by Crippen LogP contribution is 2.54. The summed E-state index contributed by atoms with van der Waals surface area (Å²) < 4.78 is 7.70. The van der Waals surface area contributed by atoms with Crippen LogP contribution in [-0.2, 0) is 9.53 Å². The van der Waals surface area contributed by atoms with Crippen molar-refractivity contribution in [2.45, 2.75) is 43.7 Å². The van der Waals surface area contributed by atoms with Crippen molar-refractivity contribution in [1.82, 2.24) is 0 Å². The van der Waals surface area contributed by atoms with E-state index in [0.717, 1.165) is 12.5 Å². The van der Waals surface area contributed by atoms with Gasteiger partial charge in [0.2, 0.25) is 0 Å². The lowest BCUT2D eigenvalue weighted by Gasteiger charge is -2.57. The molecule has 3 nitrogen and oxygen atoms in total. The smallest absolute Gasteiger partial charge is 0.315 e. The molecule has 22 heavy (non-hydrogen) atoms. The molecule has 3 aliphatic heterocycles. The van der Waals surface area contributed by atoms with E-state index in [1.54, 1.807) is 7.11 Å². The molecule has 1 aromatic rings. The fourth-order valence-electron chi connectivity index (χ4n) is 5.41. The van der Waals surface area contributed by atoms with E-state index < -0.39 is 0 Å². The highest BCUT2D eigenvalue weighted by Gasteiger charge is 2.63. The van der Waals surface area contributed by atoms with Crippen molar-refractivity contribution in [2.75, 3.05) is 20.2 Å². The largest absolute Gasteiger partial charge is 0.469 e. The lowest BCUT2D eigenvalue weighted by Crippen LogP contribution is -2.70. The molecule has 0 aromatic heterocycles. The van der Waals surface area contributed by atoms with Crippen LogP contribution in [0.2, 0.25) is 0 Å². The molecule has 0 radical (unpaired) electrons. The summed E-state index contributed by atoms with van der Waals surface area (Å²) in [6.45, 7) is 2.56. The van der Waals surface area contributed by atoms with E-state index in [9.17, 15) is 4.79 Å². The summed E-state index contributed by atoms with van der Waals surface area (Å²) in [5.41, 5.74) is 1.33. The Morgan fingerprint density at radius 2 is 1.95 bits per heavy atom. The van der Waals surface area contributed by atoms with Gasteiger partial charge in [-0.1, -0.05) is 12.1 Å². The Bertz CT molecular complexity index is 581. The highest BCUT2D eigenvalue weighted by molar-refractivity contribution is 14.1. The first kappa shape index (κ1) is 14.9. The van der Waals surface area contributed by atoms with Gasteiger partial charge in [-0.2, -0.15) is 0 Å². The van der Waals surface area contributed by atoms with Crippen molar-refractivity contribution in [3.8, 4) is 0 Å². The maximum Gasteiger partial charge on any atom is 0.315 e. The molecule has 4 rings (SSSR count). The van der Waals surface area contributed by atoms with Crippen LogP contribution in [-0.4, -0.2) is 42.7 Å². The molecule has 0 amide bonds. The van der Waals surface area contributed by atoms with Gasteiger partial charge >= 0.3 is 5.97 Å². The van der Waals surface area contributed by atoms with Crippen LogP contribution in [0.15, 0.2) is 24.3 Å². The minimum absolute atomic E-state index is 0.0123. The average Bonchev–Trinajstić information content (AvgIpc) is 2.76. The standard InChI is InChI=1S/C18H23INO2/c1-22-18(21)17-15(12-3-5-13(19)6-4-12)11-14-7-8-16(17)20(14)9-2-10-20/h3-6,14-17H,2,7-11H2,1H3/q+1/t14-,15-,16-,17-/m1/s1. The number of hydrogen-bond donors (Lipinski definition) is 0. The molecule has 3 aliphatic rings. The molecule has 0 N–H and O–H groups in total. The van der Waals surface area contributed by atoms with Gasteiger partial charge < -0.3 is 9.22 Å². The summed E-state index contributed by atoms with van der Waals surface area (Å²) in [6, 6.07) is 10.0. The number of rotatable bonds is 2. The zero-order valence-corrected chi connectivity index (χ0v) is 15.2. The number of quaternary nitrogens is 1. The number of carbonyl (C=O) groups excluding carboxylic acids is 1. The molecule has 0 aliphatic carbocycles. The molecule has 3 fully saturated rings. The van der Waals surface area contributed by atoms with E-state index in [-0.39, 0.29) is 11.9 Å². The Labute approximate surface area is 145 Å². The Kier molecular flexibility index (Phi) is 3.72. The first-order valence-electron chi connectivity index (χ1n) is 8.35. The third-order valence-corrected chi connectivity index (χ3v) is 7.20. The first-order valence-corrected chi connectivity index (χ1v) is 9.43. The number of halogens is 1. The monoisotopic (exact) mass is 412 g/mol. The second-order valence-corrected chi connectivity index (χ2v) is 8.39. The molecule has 1 spiro atoms. The van der Waals surface area contributed by atoms with Gasteiger partial charge in [0, 0.05) is 35.2 Å². The van der Waals surface area contributed by atoms with Gasteiger partial charge in [-0.05, 0) is 40.3 Å². The average molecular weight is 412 g/mol. The predicted octanol–water partition coefficient (Wildman–Crippen LogP) is 3.32. The molecule has 0 unspecified atom stereocenters. The third-order valence-electron chi connectivity index (χ3n) is 6.48. The molecule has 1 aromatic carbocycles. The van der Waals surface area contributed by atoms with Crippen molar-refractivity contribution in [1.29, 1.82) is 0 Å². The minimum Gasteiger partial charge on any atom is -0.469 e. The first-order chi connectivity index (χ1) is 10.7. The van der Waals surface area contributed by atoms with Crippen LogP contribution in [0, 0.1) is 9.49 Å². The van der Waals surface area contributed by atoms with Crippen molar-refractivity contribution in [3.63, 3.8) is 0 Å². The van der Waals surface area contributed by atoms with E-state index in [0.29, 0.717) is 12.0 Å². The zero-order chi connectivity index (χ0) is 15.3. The molecular weight excluding hydrogens is 389 g/mol. The topological polar surface area (TPSA) is 26.3 Å². The van der Waals surface area contributed by atoms with E-state index in [2.05, 4.69) is 46.9 Å². The predicted molar refractivity (Wildman–Crippen MR) is 93.4 cm³/mol. The second-order valence-electron chi connectivity index (χ2n) is 7.14. The molecule has 3 saturated heterocycles. The maximum atomic E-state index is 12.6. The van der Waals surface area contributed by atoms with E-state index >= 15 is 0 Å². The van der Waals surface area contributed by atoms with Gasteiger partial charge in [0.1, 0.15) is 12.0 Å². The van der Waals surface area contributed by atoms with Gasteiger partial charge in [-0.25, -0.2) is 0 Å². The van der Waals surface area contributed by atoms with Crippen LogP contribution >= 0.6 is 22.6 Å². The van der Waals surface area contributed by atoms with Crippen molar-refractivity contribution < 1.29 is 14.0 Å². The van der Waals surface area contributed by atoms with Crippen LogP contribution in [0.1, 0.15) is 37.2 Å². The van der Waals surface area contributed by atoms with Crippen LogP contribution < -0.4 is 0 Å². The highest BCUT2D eigenvalue weighted by atomic mass is 127. The van der Waals surface area contributed by atoms with Gasteiger partial charge in [-0.15, -0.1) is 0 Å². The fourth-order valence-corrected chi connectivity index (χ4v) is 5.77. The minimum atomic E-state index is 0.0123. The summed E-state index contributed by atoms with van der Waals surface area (Å²) in [5, 5.41) is 0. The van der Waals surface area contributed by atoms with E-state index in [1.165, 1.54) is 46.0 Å². The second kappa shape index (κ2) is 5.48. The summed E-state index contributed by atoms with van der Waals surface area (Å²) in [6.07, 6.45) is 4.97. The summed E-state index contributed by atoms with van der Waals surface area (Å²) in [4.78, 5) is 12.6. The third kappa shape index (κ3) is 2.06. The lowest BCUT2D eigenvalue weighted by atomic mass is 9.73. The number of hydrogen-bond acceptors (Lipinski definition) is 2. The van der Waals surface area contributed by atoms with Gasteiger partial charge in [0.05, 0.1) is 26.2 Å². The lowest BCUT2D eigenvalue weighted by molar-refractivity contribution is -1.00. The summed E-state index contributed by atoms with van der Waals surface area (Å²) in [5.74, 6) is 0.397. The Hall–Kier alpha value is -0.620. The molecule has 118 valence electrons. The molecule has 3 heterocycles. The molecule has 2 bridgehead atoms. The van der Waals surface area contributed by atoms with Crippen LogP contribution in [0.4, 0.5) is 0 Å². The number of esters is 1. The molecule has 4 atom stereocenters. The number of piperidine rings is 1. The Balaban J connectivity index is 1.72. The number of benzene rings is 1. The Morgan fingerprint density at radius 1 is 1.23 bits per heavy atom. The number of methoxy groups -OCH3 is 1. The van der Waals surface area contributed by atoms with Crippen LogP contribution in [0.3, 0.4) is 0 Å². The fraction of sp³-hybridized carbons (Fsp3) is 0.611. The number of ether oxygens (including phenoxy) is 1. The Morgan fingerprint density at radius 3 is 2.55 bits per heavy atom. The maximum absolute atomic E-state index is 12.6. The SMILES string of the molecule is COC(=O)[C@@H]1[C@@H](c2ccc(I)cc2)C[C@H]2CC[C@H]1[N+]21CCC1. The molecule has 4 heteroatoms. The van der Waals surface area contributed by atoms with E-state index in [4.69, 9.17) is 4.74 Å². The number of carbonyl (C=O) groups is 1. The van der Waals surface area contributed by atoms with Gasteiger partial charge in [0.15, 0.2) is 0 Å². The van der Waals surface area contributed by atoms with Gasteiger partial charge in [-0.3, -0.25) is 4.79 Å². The van der Waals surface area contributed by atoms with Crippen molar-refractivity contribution in [2.24, 2.45) is 5.92 Å². The summed E-state index contributed by atoms with van der Waals surface area (Å²) >= 11 is 2.34. The molecular formula is C18H23INO2+.